The lowest BCUT2D eigenvalue weighted by Gasteiger charge is -2.39. The van der Waals surface area contributed by atoms with Crippen LogP contribution in [0.2, 0.25) is 0 Å². The summed E-state index contributed by atoms with van der Waals surface area (Å²) in [5, 5.41) is 9.53. The Kier molecular flexibility index (Phi) is 3.85. The van der Waals surface area contributed by atoms with Gasteiger partial charge in [0.2, 0.25) is 0 Å². The molecular weight excluding hydrogens is 254 g/mol. The molecule has 1 unspecified atom stereocenters. The van der Waals surface area contributed by atoms with Crippen molar-refractivity contribution in [1.82, 2.24) is 4.90 Å². The number of aliphatic hydroxyl groups is 1. The third-order valence-corrected chi connectivity index (χ3v) is 4.25. The van der Waals surface area contributed by atoms with E-state index in [1.54, 1.807) is 0 Å². The molecule has 0 saturated carbocycles. The maximum atomic E-state index is 9.53. The van der Waals surface area contributed by atoms with Crippen LogP contribution < -0.4 is 9.47 Å². The second kappa shape index (κ2) is 5.62. The quantitative estimate of drug-likeness (QED) is 0.918. The van der Waals surface area contributed by atoms with Crippen molar-refractivity contribution in [2.24, 2.45) is 5.41 Å². The molecular formula is C16H23NO3. The van der Waals surface area contributed by atoms with E-state index in [4.69, 9.17) is 9.47 Å². The summed E-state index contributed by atoms with van der Waals surface area (Å²) in [6, 6.07) is 6.19. The van der Waals surface area contributed by atoms with E-state index in [0.29, 0.717) is 13.2 Å². The van der Waals surface area contributed by atoms with Crippen molar-refractivity contribution in [3.05, 3.63) is 23.8 Å². The molecule has 110 valence electrons. The lowest BCUT2D eigenvalue weighted by Crippen LogP contribution is -2.43. The number of piperidine rings is 1. The summed E-state index contributed by atoms with van der Waals surface area (Å²) in [4.78, 5) is 2.42. The molecule has 4 heteroatoms. The van der Waals surface area contributed by atoms with Crippen LogP contribution in [0.5, 0.6) is 11.5 Å². The van der Waals surface area contributed by atoms with Crippen LogP contribution in [-0.2, 0) is 6.54 Å². The standard InChI is InChI=1S/C16H23NO3/c1-16(12-18)5-2-6-17(11-16)10-13-3-4-14-15(9-13)20-8-7-19-14/h3-4,9,18H,2,5-8,10-12H2,1H3. The van der Waals surface area contributed by atoms with Crippen LogP contribution in [0.1, 0.15) is 25.3 Å². The van der Waals surface area contributed by atoms with Gasteiger partial charge in [-0.25, -0.2) is 0 Å². The Labute approximate surface area is 120 Å². The smallest absolute Gasteiger partial charge is 0.161 e. The van der Waals surface area contributed by atoms with Gasteiger partial charge >= 0.3 is 0 Å². The fourth-order valence-electron chi connectivity index (χ4n) is 3.14. The predicted octanol–water partition coefficient (Wildman–Crippen LogP) is 2.05. The first-order valence-electron chi connectivity index (χ1n) is 7.40. The average Bonchev–Trinajstić information content (AvgIpc) is 2.47. The van der Waals surface area contributed by atoms with Gasteiger partial charge in [-0.1, -0.05) is 13.0 Å². The zero-order valence-corrected chi connectivity index (χ0v) is 12.1. The minimum absolute atomic E-state index is 0.0477. The third-order valence-electron chi connectivity index (χ3n) is 4.25. The number of benzene rings is 1. The van der Waals surface area contributed by atoms with E-state index in [2.05, 4.69) is 24.0 Å². The normalized spacial score (nSPS) is 26.5. The highest BCUT2D eigenvalue weighted by Gasteiger charge is 2.30. The monoisotopic (exact) mass is 277 g/mol. The lowest BCUT2D eigenvalue weighted by atomic mass is 9.82. The summed E-state index contributed by atoms with van der Waals surface area (Å²) in [5.74, 6) is 1.70. The molecule has 2 aliphatic heterocycles. The Morgan fingerprint density at radius 2 is 2.05 bits per heavy atom. The molecule has 0 aliphatic carbocycles. The Morgan fingerprint density at radius 1 is 1.25 bits per heavy atom. The maximum absolute atomic E-state index is 9.53. The largest absolute Gasteiger partial charge is 0.486 e. The van der Waals surface area contributed by atoms with Crippen molar-refractivity contribution < 1.29 is 14.6 Å². The molecule has 20 heavy (non-hydrogen) atoms. The van der Waals surface area contributed by atoms with Crippen LogP contribution in [-0.4, -0.2) is 42.9 Å². The molecule has 3 rings (SSSR count). The van der Waals surface area contributed by atoms with Crippen LogP contribution >= 0.6 is 0 Å². The fraction of sp³-hybridized carbons (Fsp3) is 0.625. The molecule has 0 amide bonds. The Hall–Kier alpha value is -1.26. The second-order valence-electron chi connectivity index (χ2n) is 6.26. The number of rotatable bonds is 3. The van der Waals surface area contributed by atoms with E-state index < -0.39 is 0 Å². The minimum Gasteiger partial charge on any atom is -0.486 e. The third kappa shape index (κ3) is 2.91. The molecule has 0 radical (unpaired) electrons. The highest BCUT2D eigenvalue weighted by molar-refractivity contribution is 5.43. The first kappa shape index (κ1) is 13.7. The Balaban J connectivity index is 1.68. The van der Waals surface area contributed by atoms with Crippen LogP contribution in [0.25, 0.3) is 0 Å². The number of hydrogen-bond donors (Lipinski definition) is 1. The number of fused-ring (bicyclic) bond motifs is 1. The van der Waals surface area contributed by atoms with Gasteiger partial charge in [0.25, 0.3) is 0 Å². The van der Waals surface area contributed by atoms with Gasteiger partial charge in [0.05, 0.1) is 0 Å². The van der Waals surface area contributed by atoms with Gasteiger partial charge in [0.1, 0.15) is 13.2 Å². The van der Waals surface area contributed by atoms with Gasteiger partial charge in [0, 0.05) is 25.1 Å². The van der Waals surface area contributed by atoms with E-state index in [0.717, 1.165) is 44.0 Å². The lowest BCUT2D eigenvalue weighted by molar-refractivity contribution is 0.0428. The molecule has 1 saturated heterocycles. The second-order valence-corrected chi connectivity index (χ2v) is 6.26. The van der Waals surface area contributed by atoms with Gasteiger partial charge in [-0.15, -0.1) is 0 Å². The predicted molar refractivity (Wildman–Crippen MR) is 77.1 cm³/mol. The SMILES string of the molecule is CC1(CO)CCCN(Cc2ccc3c(c2)OCCO3)C1. The van der Waals surface area contributed by atoms with Gasteiger partial charge in [0.15, 0.2) is 11.5 Å². The molecule has 1 N–H and O–H groups in total. The van der Waals surface area contributed by atoms with Crippen LogP contribution in [0.3, 0.4) is 0 Å². The number of nitrogens with zero attached hydrogens (tertiary/aromatic N) is 1. The van der Waals surface area contributed by atoms with Gasteiger partial charge < -0.3 is 14.6 Å². The summed E-state index contributed by atoms with van der Waals surface area (Å²) < 4.78 is 11.2. The van der Waals surface area contributed by atoms with Crippen molar-refractivity contribution in [3.8, 4) is 11.5 Å². The zero-order chi connectivity index (χ0) is 14.0. The van der Waals surface area contributed by atoms with E-state index in [1.165, 1.54) is 5.56 Å². The number of likely N-dealkylation sites (tertiary alicyclic amines) is 1. The Morgan fingerprint density at radius 3 is 2.85 bits per heavy atom. The molecule has 1 aromatic rings. The molecule has 0 spiro atoms. The van der Waals surface area contributed by atoms with Crippen molar-refractivity contribution in [1.29, 1.82) is 0 Å². The van der Waals surface area contributed by atoms with Crippen LogP contribution in [0.4, 0.5) is 0 Å². The van der Waals surface area contributed by atoms with Crippen LogP contribution in [0.15, 0.2) is 18.2 Å². The summed E-state index contributed by atoms with van der Waals surface area (Å²) in [6.07, 6.45) is 2.27. The van der Waals surface area contributed by atoms with E-state index >= 15 is 0 Å². The number of hydrogen-bond acceptors (Lipinski definition) is 4. The van der Waals surface area contributed by atoms with Gasteiger partial charge in [-0.3, -0.25) is 4.90 Å². The minimum atomic E-state index is 0.0477. The molecule has 1 aromatic carbocycles. The maximum Gasteiger partial charge on any atom is 0.161 e. The Bertz CT molecular complexity index is 477. The number of ether oxygens (including phenoxy) is 2. The molecule has 2 aliphatic rings. The van der Waals surface area contributed by atoms with E-state index in [-0.39, 0.29) is 12.0 Å². The van der Waals surface area contributed by atoms with Crippen molar-refractivity contribution >= 4 is 0 Å². The van der Waals surface area contributed by atoms with E-state index in [9.17, 15) is 5.11 Å². The molecule has 1 atom stereocenters. The summed E-state index contributed by atoms with van der Waals surface area (Å²) >= 11 is 0. The summed E-state index contributed by atoms with van der Waals surface area (Å²) in [6.45, 7) is 6.66. The molecule has 0 aromatic heterocycles. The fourth-order valence-corrected chi connectivity index (χ4v) is 3.14. The zero-order valence-electron chi connectivity index (χ0n) is 12.1. The molecule has 4 nitrogen and oxygen atoms in total. The van der Waals surface area contributed by atoms with Crippen LogP contribution in [0, 0.1) is 5.41 Å². The first-order chi connectivity index (χ1) is 9.68. The summed E-state index contributed by atoms with van der Waals surface area (Å²) in [7, 11) is 0. The highest BCUT2D eigenvalue weighted by Crippen LogP contribution is 2.33. The first-order valence-corrected chi connectivity index (χ1v) is 7.40. The molecule has 2 heterocycles. The topological polar surface area (TPSA) is 41.9 Å². The van der Waals surface area contributed by atoms with Crippen molar-refractivity contribution in [2.45, 2.75) is 26.3 Å². The molecule has 1 fully saturated rings. The van der Waals surface area contributed by atoms with Crippen molar-refractivity contribution in [2.75, 3.05) is 32.9 Å². The van der Waals surface area contributed by atoms with E-state index in [1.807, 2.05) is 6.07 Å². The highest BCUT2D eigenvalue weighted by atomic mass is 16.6. The van der Waals surface area contributed by atoms with Gasteiger partial charge in [-0.05, 0) is 37.1 Å². The summed E-state index contributed by atoms with van der Waals surface area (Å²) in [5.41, 5.74) is 1.29. The molecule has 0 bridgehead atoms. The number of aliphatic hydroxyl groups excluding tert-OH is 1. The average molecular weight is 277 g/mol. The van der Waals surface area contributed by atoms with Crippen molar-refractivity contribution in [3.63, 3.8) is 0 Å². The van der Waals surface area contributed by atoms with Gasteiger partial charge in [-0.2, -0.15) is 0 Å².